The molecule has 1 aromatic heterocycles. The lowest BCUT2D eigenvalue weighted by atomic mass is 10.2. The van der Waals surface area contributed by atoms with E-state index in [4.69, 9.17) is 5.73 Å². The Morgan fingerprint density at radius 2 is 1.95 bits per heavy atom. The van der Waals surface area contributed by atoms with E-state index in [9.17, 15) is 14.9 Å². The molecule has 0 unspecified atom stereocenters. The molecular weight excluding hydrogens is 248 g/mol. The van der Waals surface area contributed by atoms with E-state index in [1.807, 2.05) is 0 Å². The van der Waals surface area contributed by atoms with Crippen LogP contribution in [0.1, 0.15) is 10.5 Å². The van der Waals surface area contributed by atoms with E-state index < -0.39 is 10.8 Å². The molecule has 19 heavy (non-hydrogen) atoms. The number of hydrogen-bond acceptors (Lipinski definition) is 5. The molecule has 0 saturated heterocycles. The minimum absolute atomic E-state index is 0.0460. The molecule has 0 fully saturated rings. The Kier molecular flexibility index (Phi) is 3.37. The molecule has 2 aromatic rings. The van der Waals surface area contributed by atoms with Crippen LogP contribution in [-0.2, 0) is 0 Å². The summed E-state index contributed by atoms with van der Waals surface area (Å²) in [5.74, 6) is -0.466. The van der Waals surface area contributed by atoms with Gasteiger partial charge in [-0.3, -0.25) is 14.9 Å². The highest BCUT2D eigenvalue weighted by atomic mass is 16.6. The third kappa shape index (κ3) is 2.83. The zero-order chi connectivity index (χ0) is 13.8. The molecular formula is C12H10N4O3. The number of nitrogen functional groups attached to an aromatic ring is 1. The maximum atomic E-state index is 11.9. The van der Waals surface area contributed by atoms with Gasteiger partial charge in [-0.1, -0.05) is 0 Å². The average Bonchev–Trinajstić information content (AvgIpc) is 2.39. The number of amides is 1. The summed E-state index contributed by atoms with van der Waals surface area (Å²) in [4.78, 5) is 25.7. The second-order valence-electron chi connectivity index (χ2n) is 3.70. The summed E-state index contributed by atoms with van der Waals surface area (Å²) >= 11 is 0. The van der Waals surface area contributed by atoms with Crippen molar-refractivity contribution in [3.05, 3.63) is 58.4 Å². The van der Waals surface area contributed by atoms with Gasteiger partial charge in [0.25, 0.3) is 11.6 Å². The monoisotopic (exact) mass is 258 g/mol. The van der Waals surface area contributed by atoms with Crippen molar-refractivity contribution in [2.24, 2.45) is 0 Å². The smallest absolute Gasteiger partial charge is 0.276 e. The van der Waals surface area contributed by atoms with E-state index in [1.165, 1.54) is 30.5 Å². The van der Waals surface area contributed by atoms with Crippen LogP contribution in [0.3, 0.4) is 0 Å². The number of pyridine rings is 1. The van der Waals surface area contributed by atoms with Gasteiger partial charge in [-0.25, -0.2) is 4.98 Å². The molecule has 2 rings (SSSR count). The number of hydrogen-bond donors (Lipinski definition) is 2. The van der Waals surface area contributed by atoms with Gasteiger partial charge in [-0.2, -0.15) is 0 Å². The lowest BCUT2D eigenvalue weighted by molar-refractivity contribution is -0.384. The molecule has 0 aliphatic heterocycles. The number of nitro benzene ring substituents is 1. The van der Waals surface area contributed by atoms with Crippen LogP contribution in [-0.4, -0.2) is 15.8 Å². The third-order valence-electron chi connectivity index (χ3n) is 2.39. The summed E-state index contributed by atoms with van der Waals surface area (Å²) in [7, 11) is 0. The summed E-state index contributed by atoms with van der Waals surface area (Å²) < 4.78 is 0. The first-order valence-corrected chi connectivity index (χ1v) is 5.34. The van der Waals surface area contributed by atoms with Crippen LogP contribution < -0.4 is 11.1 Å². The van der Waals surface area contributed by atoms with Gasteiger partial charge in [0.15, 0.2) is 5.69 Å². The number of nitro groups is 1. The molecule has 0 radical (unpaired) electrons. The molecule has 0 aliphatic carbocycles. The first-order valence-electron chi connectivity index (χ1n) is 5.34. The second kappa shape index (κ2) is 5.13. The predicted molar refractivity (Wildman–Crippen MR) is 69.7 cm³/mol. The molecule has 7 heteroatoms. The van der Waals surface area contributed by atoms with Crippen LogP contribution in [0.5, 0.6) is 0 Å². The molecule has 96 valence electrons. The zero-order valence-corrected chi connectivity index (χ0v) is 9.74. The molecule has 0 spiro atoms. The Labute approximate surface area is 108 Å². The van der Waals surface area contributed by atoms with Crippen LogP contribution >= 0.6 is 0 Å². The first-order chi connectivity index (χ1) is 9.08. The summed E-state index contributed by atoms with van der Waals surface area (Å²) in [6.45, 7) is 0. The number of benzene rings is 1. The molecule has 0 aliphatic rings. The molecule has 0 atom stereocenters. The standard InChI is InChI=1S/C12H10N4O3/c13-10-2-1-7-14-11(10)12(17)15-8-3-5-9(6-4-8)16(18)19/h1-7H,13H2,(H,15,17). The van der Waals surface area contributed by atoms with Gasteiger partial charge in [0.1, 0.15) is 0 Å². The Morgan fingerprint density at radius 1 is 1.26 bits per heavy atom. The Hall–Kier alpha value is -2.96. The number of aromatic nitrogens is 1. The first kappa shape index (κ1) is 12.5. The van der Waals surface area contributed by atoms with Gasteiger partial charge in [0.05, 0.1) is 10.6 Å². The molecule has 1 heterocycles. The van der Waals surface area contributed by atoms with Gasteiger partial charge >= 0.3 is 0 Å². The quantitative estimate of drug-likeness (QED) is 0.644. The highest BCUT2D eigenvalue weighted by Gasteiger charge is 2.11. The lowest BCUT2D eigenvalue weighted by Crippen LogP contribution is -2.15. The van der Waals surface area contributed by atoms with Crippen molar-refractivity contribution in [3.8, 4) is 0 Å². The number of anilines is 2. The maximum absolute atomic E-state index is 11.9. The van der Waals surface area contributed by atoms with Gasteiger partial charge < -0.3 is 11.1 Å². The minimum Gasteiger partial charge on any atom is -0.397 e. The molecule has 3 N–H and O–H groups in total. The van der Waals surface area contributed by atoms with Gasteiger partial charge in [-0.15, -0.1) is 0 Å². The third-order valence-corrected chi connectivity index (χ3v) is 2.39. The van der Waals surface area contributed by atoms with Crippen molar-refractivity contribution < 1.29 is 9.72 Å². The fourth-order valence-corrected chi connectivity index (χ4v) is 1.46. The topological polar surface area (TPSA) is 111 Å². The largest absolute Gasteiger partial charge is 0.397 e. The summed E-state index contributed by atoms with van der Waals surface area (Å²) in [5.41, 5.74) is 6.39. The van der Waals surface area contributed by atoms with Crippen molar-refractivity contribution in [2.75, 3.05) is 11.1 Å². The number of nitrogens with one attached hydrogen (secondary N) is 1. The highest BCUT2D eigenvalue weighted by molar-refractivity contribution is 6.06. The van der Waals surface area contributed by atoms with E-state index in [1.54, 1.807) is 12.1 Å². The van der Waals surface area contributed by atoms with Crippen molar-refractivity contribution in [1.82, 2.24) is 4.98 Å². The second-order valence-corrected chi connectivity index (χ2v) is 3.70. The van der Waals surface area contributed by atoms with Gasteiger partial charge in [-0.05, 0) is 24.3 Å². The average molecular weight is 258 g/mol. The van der Waals surface area contributed by atoms with Gasteiger partial charge in [0.2, 0.25) is 0 Å². The number of rotatable bonds is 3. The molecule has 0 bridgehead atoms. The van der Waals surface area contributed by atoms with Crippen LogP contribution in [0.2, 0.25) is 0 Å². The van der Waals surface area contributed by atoms with Crippen LogP contribution in [0, 0.1) is 10.1 Å². The fraction of sp³-hybridized carbons (Fsp3) is 0. The zero-order valence-electron chi connectivity index (χ0n) is 9.74. The predicted octanol–water partition coefficient (Wildman–Crippen LogP) is 1.82. The number of nitrogens with zero attached hydrogens (tertiary/aromatic N) is 2. The van der Waals surface area contributed by atoms with Gasteiger partial charge in [0, 0.05) is 24.0 Å². The minimum atomic E-state index is -0.512. The molecule has 1 amide bonds. The maximum Gasteiger partial charge on any atom is 0.276 e. The van der Waals surface area contributed by atoms with Crippen molar-refractivity contribution in [2.45, 2.75) is 0 Å². The van der Waals surface area contributed by atoms with E-state index in [0.29, 0.717) is 5.69 Å². The summed E-state index contributed by atoms with van der Waals surface area (Å²) in [6, 6.07) is 8.68. The Bertz CT molecular complexity index is 625. The van der Waals surface area contributed by atoms with Crippen LogP contribution in [0.25, 0.3) is 0 Å². The van der Waals surface area contributed by atoms with Crippen LogP contribution in [0.15, 0.2) is 42.6 Å². The lowest BCUT2D eigenvalue weighted by Gasteiger charge is -2.06. The van der Waals surface area contributed by atoms with E-state index in [0.717, 1.165) is 0 Å². The summed E-state index contributed by atoms with van der Waals surface area (Å²) in [5, 5.41) is 13.1. The summed E-state index contributed by atoms with van der Waals surface area (Å²) in [6.07, 6.45) is 1.46. The van der Waals surface area contributed by atoms with Crippen molar-refractivity contribution in [1.29, 1.82) is 0 Å². The number of nitrogens with two attached hydrogens (primary N) is 1. The molecule has 0 saturated carbocycles. The Balaban J connectivity index is 2.15. The highest BCUT2D eigenvalue weighted by Crippen LogP contribution is 2.16. The SMILES string of the molecule is Nc1cccnc1C(=O)Nc1ccc([N+](=O)[O-])cc1. The fourth-order valence-electron chi connectivity index (χ4n) is 1.46. The number of carbonyl (C=O) groups excluding carboxylic acids is 1. The van der Waals surface area contributed by atoms with Crippen molar-refractivity contribution >= 4 is 23.0 Å². The Morgan fingerprint density at radius 3 is 2.53 bits per heavy atom. The van der Waals surface area contributed by atoms with Crippen LogP contribution in [0.4, 0.5) is 17.1 Å². The number of non-ortho nitro benzene ring substituents is 1. The molecule has 7 nitrogen and oxygen atoms in total. The van der Waals surface area contributed by atoms with E-state index in [-0.39, 0.29) is 17.1 Å². The van der Waals surface area contributed by atoms with E-state index >= 15 is 0 Å². The van der Waals surface area contributed by atoms with E-state index in [2.05, 4.69) is 10.3 Å². The molecule has 1 aromatic carbocycles. The normalized spacial score (nSPS) is 9.89. The van der Waals surface area contributed by atoms with Crippen molar-refractivity contribution in [3.63, 3.8) is 0 Å². The number of carbonyl (C=O) groups is 1.